The maximum atomic E-state index is 12.5. The fraction of sp³-hybridized carbons (Fsp3) is 0.214. The van der Waals surface area contributed by atoms with Crippen LogP contribution in [0.15, 0.2) is 33.6 Å². The molecule has 0 amide bonds. The van der Waals surface area contributed by atoms with Crippen LogP contribution in [-0.4, -0.2) is 14.7 Å². The first kappa shape index (κ1) is 12.9. The average Bonchev–Trinajstić information content (AvgIpc) is 2.76. The van der Waals surface area contributed by atoms with Crippen LogP contribution in [0.2, 0.25) is 5.02 Å². The van der Waals surface area contributed by atoms with Crippen molar-refractivity contribution >= 4 is 22.7 Å². The fourth-order valence-electron chi connectivity index (χ4n) is 2.17. The van der Waals surface area contributed by atoms with Crippen LogP contribution in [0.3, 0.4) is 0 Å². The van der Waals surface area contributed by atoms with Gasteiger partial charge in [0.1, 0.15) is 11.2 Å². The number of hydrogen-bond donors (Lipinski definition) is 0. The lowest BCUT2D eigenvalue weighted by molar-refractivity contribution is 0.441. The molecule has 0 N–H and O–H groups in total. The van der Waals surface area contributed by atoms with E-state index in [1.807, 2.05) is 18.2 Å². The van der Waals surface area contributed by atoms with Gasteiger partial charge in [0.05, 0.1) is 12.2 Å². The van der Waals surface area contributed by atoms with Crippen molar-refractivity contribution in [1.29, 1.82) is 0 Å². The summed E-state index contributed by atoms with van der Waals surface area (Å²) in [6.45, 7) is 3.91. The van der Waals surface area contributed by atoms with Crippen molar-refractivity contribution in [2.45, 2.75) is 20.4 Å². The molecule has 0 atom stereocenters. The average molecular weight is 290 g/mol. The molecule has 0 bridgehead atoms. The smallest absolute Gasteiger partial charge is 0.267 e. The molecule has 2 aromatic heterocycles. The van der Waals surface area contributed by atoms with Crippen molar-refractivity contribution in [2.24, 2.45) is 0 Å². The molecule has 0 aliphatic carbocycles. The Labute approximate surface area is 119 Å². The second-order valence-electron chi connectivity index (χ2n) is 4.63. The SMILES string of the molecule is Cc1noc2nc(C)n(Cc3cccc(Cl)c3)c(=O)c12. The highest BCUT2D eigenvalue weighted by atomic mass is 35.5. The van der Waals surface area contributed by atoms with E-state index in [4.69, 9.17) is 16.1 Å². The van der Waals surface area contributed by atoms with Crippen LogP contribution < -0.4 is 5.56 Å². The van der Waals surface area contributed by atoms with Crippen molar-refractivity contribution in [2.75, 3.05) is 0 Å². The Morgan fingerprint density at radius 1 is 1.35 bits per heavy atom. The van der Waals surface area contributed by atoms with E-state index in [1.165, 1.54) is 0 Å². The van der Waals surface area contributed by atoms with Crippen molar-refractivity contribution in [1.82, 2.24) is 14.7 Å². The largest absolute Gasteiger partial charge is 0.335 e. The summed E-state index contributed by atoms with van der Waals surface area (Å²) in [5, 5.41) is 4.86. The minimum Gasteiger partial charge on any atom is -0.335 e. The van der Waals surface area contributed by atoms with Gasteiger partial charge in [-0.15, -0.1) is 0 Å². The summed E-state index contributed by atoms with van der Waals surface area (Å²) in [5.74, 6) is 0.582. The summed E-state index contributed by atoms with van der Waals surface area (Å²) in [7, 11) is 0. The highest BCUT2D eigenvalue weighted by Crippen LogP contribution is 2.14. The standard InChI is InChI=1S/C14H12ClN3O2/c1-8-12-13(20-17-8)16-9(2)18(14(12)19)7-10-4-3-5-11(15)6-10/h3-6H,7H2,1-2H3. The van der Waals surface area contributed by atoms with E-state index in [2.05, 4.69) is 10.1 Å². The molecule has 0 aliphatic heterocycles. The highest BCUT2D eigenvalue weighted by Gasteiger charge is 2.15. The summed E-state index contributed by atoms with van der Waals surface area (Å²) in [6.07, 6.45) is 0. The van der Waals surface area contributed by atoms with E-state index < -0.39 is 0 Å². The van der Waals surface area contributed by atoms with Crippen molar-refractivity contribution in [3.05, 3.63) is 56.7 Å². The van der Waals surface area contributed by atoms with E-state index >= 15 is 0 Å². The van der Waals surface area contributed by atoms with E-state index in [0.717, 1.165) is 5.56 Å². The van der Waals surface area contributed by atoms with Crippen LogP contribution in [0.25, 0.3) is 11.1 Å². The minimum absolute atomic E-state index is 0.147. The zero-order chi connectivity index (χ0) is 14.3. The minimum atomic E-state index is -0.147. The molecule has 3 rings (SSSR count). The normalized spacial score (nSPS) is 11.2. The molecule has 3 aromatic rings. The molecular formula is C14H12ClN3O2. The number of halogens is 1. The molecule has 5 nitrogen and oxygen atoms in total. The first-order valence-electron chi connectivity index (χ1n) is 6.14. The quantitative estimate of drug-likeness (QED) is 0.728. The van der Waals surface area contributed by atoms with Crippen LogP contribution in [-0.2, 0) is 6.54 Å². The molecule has 102 valence electrons. The third-order valence-electron chi connectivity index (χ3n) is 3.19. The molecule has 6 heteroatoms. The number of benzene rings is 1. The summed E-state index contributed by atoms with van der Waals surface area (Å²) < 4.78 is 6.63. The molecule has 0 spiro atoms. The molecule has 0 unspecified atom stereocenters. The van der Waals surface area contributed by atoms with E-state index in [1.54, 1.807) is 24.5 Å². The number of fused-ring (bicyclic) bond motifs is 1. The second-order valence-corrected chi connectivity index (χ2v) is 5.06. The molecule has 0 radical (unpaired) electrons. The zero-order valence-corrected chi connectivity index (χ0v) is 11.8. The van der Waals surface area contributed by atoms with Gasteiger partial charge < -0.3 is 4.52 Å². The van der Waals surface area contributed by atoms with Gasteiger partial charge in [-0.3, -0.25) is 9.36 Å². The number of aryl methyl sites for hydroxylation is 2. The summed E-state index contributed by atoms with van der Waals surface area (Å²) in [5.41, 5.74) is 1.63. The van der Waals surface area contributed by atoms with E-state index in [0.29, 0.717) is 28.5 Å². The van der Waals surface area contributed by atoms with Crippen LogP contribution in [0, 0.1) is 13.8 Å². The van der Waals surface area contributed by atoms with Gasteiger partial charge in [0.25, 0.3) is 11.3 Å². The zero-order valence-electron chi connectivity index (χ0n) is 11.1. The Morgan fingerprint density at radius 3 is 2.90 bits per heavy atom. The number of hydrogen-bond acceptors (Lipinski definition) is 4. The number of aromatic nitrogens is 3. The van der Waals surface area contributed by atoms with Gasteiger partial charge in [-0.1, -0.05) is 28.9 Å². The number of rotatable bonds is 2. The number of nitrogens with zero attached hydrogens (tertiary/aromatic N) is 3. The van der Waals surface area contributed by atoms with E-state index in [9.17, 15) is 4.79 Å². The predicted octanol–water partition coefficient (Wildman–Crippen LogP) is 2.70. The maximum absolute atomic E-state index is 12.5. The fourth-order valence-corrected chi connectivity index (χ4v) is 2.39. The third kappa shape index (κ3) is 2.10. The van der Waals surface area contributed by atoms with Crippen LogP contribution in [0.4, 0.5) is 0 Å². The molecule has 1 aromatic carbocycles. The Morgan fingerprint density at radius 2 is 2.15 bits per heavy atom. The Kier molecular flexibility index (Phi) is 3.06. The molecule has 0 aliphatic rings. The van der Waals surface area contributed by atoms with Crippen LogP contribution in [0.1, 0.15) is 17.1 Å². The topological polar surface area (TPSA) is 60.9 Å². The monoisotopic (exact) mass is 289 g/mol. The Balaban J connectivity index is 2.16. The molecule has 20 heavy (non-hydrogen) atoms. The highest BCUT2D eigenvalue weighted by molar-refractivity contribution is 6.30. The van der Waals surface area contributed by atoms with E-state index in [-0.39, 0.29) is 11.3 Å². The molecule has 0 saturated heterocycles. The molecule has 0 fully saturated rings. The third-order valence-corrected chi connectivity index (χ3v) is 3.42. The van der Waals surface area contributed by atoms with Crippen molar-refractivity contribution in [3.63, 3.8) is 0 Å². The van der Waals surface area contributed by atoms with Gasteiger partial charge in [0.15, 0.2) is 0 Å². The lowest BCUT2D eigenvalue weighted by Gasteiger charge is -2.09. The predicted molar refractivity (Wildman–Crippen MR) is 76.1 cm³/mol. The lowest BCUT2D eigenvalue weighted by Crippen LogP contribution is -2.24. The van der Waals surface area contributed by atoms with Crippen LogP contribution in [0.5, 0.6) is 0 Å². The first-order valence-corrected chi connectivity index (χ1v) is 6.52. The van der Waals surface area contributed by atoms with Crippen molar-refractivity contribution < 1.29 is 4.52 Å². The van der Waals surface area contributed by atoms with Gasteiger partial charge in [-0.25, -0.2) is 0 Å². The van der Waals surface area contributed by atoms with Gasteiger partial charge in [0, 0.05) is 5.02 Å². The summed E-state index contributed by atoms with van der Waals surface area (Å²) in [4.78, 5) is 16.8. The summed E-state index contributed by atoms with van der Waals surface area (Å²) >= 11 is 5.97. The van der Waals surface area contributed by atoms with Gasteiger partial charge >= 0.3 is 0 Å². The lowest BCUT2D eigenvalue weighted by atomic mass is 10.2. The first-order chi connectivity index (χ1) is 9.56. The molecule has 2 heterocycles. The Bertz CT molecular complexity index is 851. The van der Waals surface area contributed by atoms with Gasteiger partial charge in [0.2, 0.25) is 0 Å². The van der Waals surface area contributed by atoms with Gasteiger partial charge in [-0.2, -0.15) is 4.98 Å². The van der Waals surface area contributed by atoms with Gasteiger partial charge in [-0.05, 0) is 31.5 Å². The second kappa shape index (κ2) is 4.76. The van der Waals surface area contributed by atoms with Crippen LogP contribution >= 0.6 is 11.6 Å². The van der Waals surface area contributed by atoms with Crippen molar-refractivity contribution in [3.8, 4) is 0 Å². The summed E-state index contributed by atoms with van der Waals surface area (Å²) in [6, 6.07) is 7.40. The molecular weight excluding hydrogens is 278 g/mol. The Hall–Kier alpha value is -2.14. The molecule has 0 saturated carbocycles. The maximum Gasteiger partial charge on any atom is 0.267 e.